The Hall–Kier alpha value is -2.29. The summed E-state index contributed by atoms with van der Waals surface area (Å²) in [6, 6.07) is 5.74. The summed E-state index contributed by atoms with van der Waals surface area (Å²) in [4.78, 5) is 39.8. The van der Waals surface area contributed by atoms with Crippen molar-refractivity contribution < 1.29 is 23.9 Å². The normalized spacial score (nSPS) is 21.3. The van der Waals surface area contributed by atoms with Crippen LogP contribution >= 0.6 is 0 Å². The fourth-order valence-electron chi connectivity index (χ4n) is 3.15. The average Bonchev–Trinajstić information content (AvgIpc) is 2.95. The summed E-state index contributed by atoms with van der Waals surface area (Å²) in [5, 5.41) is 3.18. The van der Waals surface area contributed by atoms with Gasteiger partial charge in [-0.1, -0.05) is 0 Å². The summed E-state index contributed by atoms with van der Waals surface area (Å²) in [5.74, 6) is -0.967. The molecule has 26 heavy (non-hydrogen) atoms. The van der Waals surface area contributed by atoms with Crippen LogP contribution < -0.4 is 10.2 Å². The molecule has 2 amide bonds. The number of ether oxygens (including phenoxy) is 2. The summed E-state index contributed by atoms with van der Waals surface area (Å²) < 4.78 is 9.95. The average molecular weight is 361 g/mol. The summed E-state index contributed by atoms with van der Waals surface area (Å²) in [6.45, 7) is 4.69. The third kappa shape index (κ3) is 4.09. The lowest BCUT2D eigenvalue weighted by atomic mass is 10.2. The number of nitrogens with one attached hydrogen (secondary N) is 1. The molecule has 0 aliphatic carbocycles. The number of morpholine rings is 1. The Morgan fingerprint density at radius 3 is 2.58 bits per heavy atom. The number of esters is 1. The van der Waals surface area contributed by atoms with E-state index in [-0.39, 0.29) is 18.2 Å². The van der Waals surface area contributed by atoms with E-state index < -0.39 is 12.0 Å². The van der Waals surface area contributed by atoms with Gasteiger partial charge in [0.15, 0.2) is 0 Å². The van der Waals surface area contributed by atoms with Gasteiger partial charge in [-0.3, -0.25) is 14.5 Å². The fraction of sp³-hybridized carbons (Fsp3) is 0.500. The third-order valence-electron chi connectivity index (χ3n) is 4.62. The molecule has 8 nitrogen and oxygen atoms in total. The smallest absolute Gasteiger partial charge is 0.337 e. The summed E-state index contributed by atoms with van der Waals surface area (Å²) in [7, 11) is 1.30. The Labute approximate surface area is 152 Å². The highest BCUT2D eigenvalue weighted by Gasteiger charge is 2.39. The minimum atomic E-state index is -0.510. The molecule has 2 fully saturated rings. The topological polar surface area (TPSA) is 88.2 Å². The SMILES string of the molecule is COC(=O)c1ccc(N2C(=O)C[C@H](NCCN3CCOCC3)C2=O)cc1. The lowest BCUT2D eigenvalue weighted by molar-refractivity contribution is -0.121. The quantitative estimate of drug-likeness (QED) is 0.565. The highest BCUT2D eigenvalue weighted by Crippen LogP contribution is 2.23. The molecule has 140 valence electrons. The first-order chi connectivity index (χ1) is 12.6. The van der Waals surface area contributed by atoms with Gasteiger partial charge in [-0.2, -0.15) is 0 Å². The lowest BCUT2D eigenvalue weighted by Gasteiger charge is -2.27. The van der Waals surface area contributed by atoms with Crippen molar-refractivity contribution in [2.24, 2.45) is 0 Å². The molecular weight excluding hydrogens is 338 g/mol. The number of hydrogen-bond donors (Lipinski definition) is 1. The standard InChI is InChI=1S/C18H23N3O5/c1-25-18(24)13-2-4-14(5-3-13)21-16(22)12-15(17(21)23)19-6-7-20-8-10-26-11-9-20/h2-5,15,19H,6-12H2,1H3/t15-/m0/s1. The minimum Gasteiger partial charge on any atom is -0.465 e. The van der Waals surface area contributed by atoms with E-state index in [4.69, 9.17) is 4.74 Å². The van der Waals surface area contributed by atoms with E-state index >= 15 is 0 Å². The molecule has 1 aromatic rings. The second-order valence-electron chi connectivity index (χ2n) is 6.27. The molecule has 1 aromatic carbocycles. The van der Waals surface area contributed by atoms with Gasteiger partial charge in [0.2, 0.25) is 5.91 Å². The number of carbonyl (C=O) groups excluding carboxylic acids is 3. The van der Waals surface area contributed by atoms with Crippen LogP contribution in [-0.4, -0.2) is 75.2 Å². The van der Waals surface area contributed by atoms with Gasteiger partial charge >= 0.3 is 5.97 Å². The molecule has 0 spiro atoms. The Balaban J connectivity index is 1.57. The summed E-state index contributed by atoms with van der Waals surface area (Å²) in [6.07, 6.45) is 0.140. The van der Waals surface area contributed by atoms with E-state index in [1.807, 2.05) is 0 Å². The highest BCUT2D eigenvalue weighted by molar-refractivity contribution is 6.22. The molecule has 0 bridgehead atoms. The van der Waals surface area contributed by atoms with Crippen molar-refractivity contribution in [3.63, 3.8) is 0 Å². The maximum Gasteiger partial charge on any atom is 0.337 e. The number of imide groups is 1. The van der Waals surface area contributed by atoms with Crippen molar-refractivity contribution in [2.75, 3.05) is 51.4 Å². The van der Waals surface area contributed by atoms with E-state index in [2.05, 4.69) is 15.0 Å². The Kier molecular flexibility index (Phi) is 5.97. The van der Waals surface area contributed by atoms with Crippen molar-refractivity contribution in [2.45, 2.75) is 12.5 Å². The zero-order chi connectivity index (χ0) is 18.5. The zero-order valence-electron chi connectivity index (χ0n) is 14.8. The predicted molar refractivity (Wildman–Crippen MR) is 93.9 cm³/mol. The summed E-state index contributed by atoms with van der Waals surface area (Å²) in [5.41, 5.74) is 0.834. The van der Waals surface area contributed by atoms with E-state index in [1.165, 1.54) is 12.0 Å². The molecule has 1 atom stereocenters. The van der Waals surface area contributed by atoms with Crippen LogP contribution in [0.5, 0.6) is 0 Å². The van der Waals surface area contributed by atoms with Gasteiger partial charge in [-0.15, -0.1) is 0 Å². The number of rotatable bonds is 6. The summed E-state index contributed by atoms with van der Waals surface area (Å²) >= 11 is 0. The van der Waals surface area contributed by atoms with Crippen LogP contribution in [0.3, 0.4) is 0 Å². The number of benzene rings is 1. The zero-order valence-corrected chi connectivity index (χ0v) is 14.8. The molecule has 2 aliphatic heterocycles. The Morgan fingerprint density at radius 1 is 1.23 bits per heavy atom. The second kappa shape index (κ2) is 8.39. The molecule has 1 N–H and O–H groups in total. The van der Waals surface area contributed by atoms with E-state index in [1.54, 1.807) is 24.3 Å². The number of carbonyl (C=O) groups is 3. The van der Waals surface area contributed by atoms with Gasteiger partial charge < -0.3 is 14.8 Å². The highest BCUT2D eigenvalue weighted by atomic mass is 16.5. The fourth-order valence-corrected chi connectivity index (χ4v) is 3.15. The van der Waals surface area contributed by atoms with Gasteiger partial charge in [0, 0.05) is 26.2 Å². The van der Waals surface area contributed by atoms with Crippen LogP contribution in [0.25, 0.3) is 0 Å². The van der Waals surface area contributed by atoms with E-state index in [0.717, 1.165) is 32.8 Å². The van der Waals surface area contributed by atoms with Crippen LogP contribution in [0.2, 0.25) is 0 Å². The number of nitrogens with zero attached hydrogens (tertiary/aromatic N) is 2. The Morgan fingerprint density at radius 2 is 1.92 bits per heavy atom. The van der Waals surface area contributed by atoms with Crippen molar-refractivity contribution in [3.8, 4) is 0 Å². The van der Waals surface area contributed by atoms with Crippen LogP contribution in [-0.2, 0) is 19.1 Å². The van der Waals surface area contributed by atoms with Crippen molar-refractivity contribution in [1.29, 1.82) is 0 Å². The minimum absolute atomic E-state index is 0.140. The Bertz CT molecular complexity index is 670. The second-order valence-corrected chi connectivity index (χ2v) is 6.27. The van der Waals surface area contributed by atoms with Gasteiger partial charge in [-0.25, -0.2) is 9.69 Å². The van der Waals surface area contributed by atoms with Crippen LogP contribution in [0.15, 0.2) is 24.3 Å². The van der Waals surface area contributed by atoms with Gasteiger partial charge in [0.05, 0.1) is 44.0 Å². The maximum absolute atomic E-state index is 12.6. The molecule has 2 aliphatic rings. The van der Waals surface area contributed by atoms with Crippen molar-refractivity contribution in [1.82, 2.24) is 10.2 Å². The first kappa shape index (κ1) is 18.5. The van der Waals surface area contributed by atoms with Gasteiger partial charge in [0.1, 0.15) is 0 Å². The third-order valence-corrected chi connectivity index (χ3v) is 4.62. The first-order valence-electron chi connectivity index (χ1n) is 8.69. The number of amides is 2. The monoisotopic (exact) mass is 361 g/mol. The van der Waals surface area contributed by atoms with Crippen LogP contribution in [0.1, 0.15) is 16.8 Å². The van der Waals surface area contributed by atoms with Gasteiger partial charge in [0.25, 0.3) is 5.91 Å². The van der Waals surface area contributed by atoms with Crippen molar-refractivity contribution in [3.05, 3.63) is 29.8 Å². The van der Waals surface area contributed by atoms with Crippen LogP contribution in [0, 0.1) is 0 Å². The molecule has 3 rings (SSSR count). The van der Waals surface area contributed by atoms with Crippen molar-refractivity contribution >= 4 is 23.5 Å². The lowest BCUT2D eigenvalue weighted by Crippen LogP contribution is -2.44. The number of methoxy groups -OCH3 is 1. The molecule has 2 heterocycles. The van der Waals surface area contributed by atoms with E-state index in [0.29, 0.717) is 17.8 Å². The maximum atomic E-state index is 12.6. The molecule has 2 saturated heterocycles. The predicted octanol–water partition coefficient (Wildman–Crippen LogP) is 0.0269. The van der Waals surface area contributed by atoms with E-state index in [9.17, 15) is 14.4 Å². The molecule has 8 heteroatoms. The number of anilines is 1. The van der Waals surface area contributed by atoms with Crippen LogP contribution in [0.4, 0.5) is 5.69 Å². The molecular formula is C18H23N3O5. The van der Waals surface area contributed by atoms with Gasteiger partial charge in [-0.05, 0) is 24.3 Å². The molecule has 0 radical (unpaired) electrons. The first-order valence-corrected chi connectivity index (χ1v) is 8.69. The molecule has 0 aromatic heterocycles. The molecule has 0 unspecified atom stereocenters. The molecule has 0 saturated carbocycles. The number of hydrogen-bond acceptors (Lipinski definition) is 7. The largest absolute Gasteiger partial charge is 0.465 e.